The van der Waals surface area contributed by atoms with Gasteiger partial charge in [-0.05, 0) is 56.3 Å². The second-order valence-corrected chi connectivity index (χ2v) is 11.6. The lowest BCUT2D eigenvalue weighted by molar-refractivity contribution is -0.153. The van der Waals surface area contributed by atoms with E-state index >= 15 is 0 Å². The van der Waals surface area contributed by atoms with E-state index in [0.29, 0.717) is 43.3 Å². The molecule has 2 N–H and O–H groups in total. The van der Waals surface area contributed by atoms with Crippen molar-refractivity contribution >= 4 is 31.9 Å². The standard InChI is InChI=1S/C14H20F2N2O6S2/c1-25(21,22)18-26(23,24)14(15,16)12(20)17-11(19)13-5-8-2-9(6-13)4-10(3-8)7-13/h8-10,18H,2-7H2,1H3,(H,17,19,20). The number of halogens is 2. The highest BCUT2D eigenvalue weighted by molar-refractivity contribution is 8.05. The van der Waals surface area contributed by atoms with Crippen LogP contribution in [0.1, 0.15) is 38.5 Å². The Hall–Kier alpha value is -1.14. The molecule has 4 saturated carbocycles. The lowest BCUT2D eigenvalue weighted by Gasteiger charge is -2.55. The van der Waals surface area contributed by atoms with Crippen LogP contribution in [0.25, 0.3) is 0 Å². The molecule has 0 aromatic heterocycles. The molecule has 12 heteroatoms. The summed E-state index contributed by atoms with van der Waals surface area (Å²) in [5, 5.41) is -3.58. The molecular weight excluding hydrogens is 394 g/mol. The Kier molecular flexibility index (Phi) is 4.47. The Bertz CT molecular complexity index is 817. The van der Waals surface area contributed by atoms with Crippen molar-refractivity contribution in [2.75, 3.05) is 6.26 Å². The van der Waals surface area contributed by atoms with Crippen LogP contribution in [0.2, 0.25) is 0 Å². The van der Waals surface area contributed by atoms with Gasteiger partial charge < -0.3 is 0 Å². The largest absolute Gasteiger partial charge is 0.436 e. The summed E-state index contributed by atoms with van der Waals surface area (Å²) < 4.78 is 73.6. The number of sulfonamides is 2. The Morgan fingerprint density at radius 3 is 1.77 bits per heavy atom. The van der Waals surface area contributed by atoms with Gasteiger partial charge in [-0.3, -0.25) is 14.9 Å². The van der Waals surface area contributed by atoms with Crippen LogP contribution in [-0.2, 0) is 29.6 Å². The number of alkyl halides is 2. The van der Waals surface area contributed by atoms with Gasteiger partial charge in [-0.1, -0.05) is 0 Å². The van der Waals surface area contributed by atoms with Crippen LogP contribution in [0.4, 0.5) is 8.78 Å². The molecule has 4 aliphatic rings. The first kappa shape index (κ1) is 19.6. The van der Waals surface area contributed by atoms with E-state index in [1.54, 1.807) is 0 Å². The predicted octanol–water partition coefficient (Wildman–Crippen LogP) is 0.317. The van der Waals surface area contributed by atoms with Crippen molar-refractivity contribution in [2.45, 2.75) is 43.8 Å². The molecule has 0 heterocycles. The Balaban J connectivity index is 1.76. The molecule has 148 valence electrons. The fourth-order valence-corrected chi connectivity index (χ4v) is 7.38. The van der Waals surface area contributed by atoms with E-state index in [1.807, 2.05) is 0 Å². The van der Waals surface area contributed by atoms with E-state index in [-0.39, 0.29) is 0 Å². The van der Waals surface area contributed by atoms with Gasteiger partial charge in [-0.25, -0.2) is 16.8 Å². The third-order valence-corrected chi connectivity index (χ3v) is 8.56. The van der Waals surface area contributed by atoms with Gasteiger partial charge in [0.1, 0.15) is 0 Å². The third kappa shape index (κ3) is 3.38. The van der Waals surface area contributed by atoms with Crippen molar-refractivity contribution in [1.29, 1.82) is 0 Å². The zero-order valence-corrected chi connectivity index (χ0v) is 15.6. The summed E-state index contributed by atoms with van der Waals surface area (Å²) in [5.74, 6) is -2.28. The van der Waals surface area contributed by atoms with Crippen molar-refractivity contribution in [3.63, 3.8) is 0 Å². The first-order valence-corrected chi connectivity index (χ1v) is 11.6. The minimum Gasteiger partial charge on any atom is -0.290 e. The molecular formula is C14H20F2N2O6S2. The maximum Gasteiger partial charge on any atom is 0.436 e. The van der Waals surface area contributed by atoms with E-state index in [0.717, 1.165) is 23.4 Å². The van der Waals surface area contributed by atoms with Gasteiger partial charge in [0, 0.05) is 0 Å². The summed E-state index contributed by atoms with van der Waals surface area (Å²) in [4.78, 5) is 24.4. The Labute approximate surface area is 150 Å². The van der Waals surface area contributed by atoms with E-state index in [4.69, 9.17) is 0 Å². The molecule has 0 atom stereocenters. The number of hydrogen-bond acceptors (Lipinski definition) is 6. The van der Waals surface area contributed by atoms with Gasteiger partial charge >= 0.3 is 11.2 Å². The summed E-state index contributed by atoms with van der Waals surface area (Å²) >= 11 is 0. The van der Waals surface area contributed by atoms with E-state index in [2.05, 4.69) is 0 Å². The normalized spacial score (nSPS) is 33.9. The van der Waals surface area contributed by atoms with Gasteiger partial charge in [-0.2, -0.15) is 8.78 Å². The van der Waals surface area contributed by atoms with Crippen molar-refractivity contribution in [1.82, 2.24) is 9.44 Å². The lowest BCUT2D eigenvalue weighted by Crippen LogP contribution is -2.58. The van der Waals surface area contributed by atoms with Crippen LogP contribution in [0.3, 0.4) is 0 Å². The molecule has 4 fully saturated rings. The Morgan fingerprint density at radius 2 is 1.38 bits per heavy atom. The highest BCUT2D eigenvalue weighted by Crippen LogP contribution is 2.60. The fraction of sp³-hybridized carbons (Fsp3) is 0.857. The second kappa shape index (κ2) is 5.93. The molecule has 8 nitrogen and oxygen atoms in total. The summed E-state index contributed by atoms with van der Waals surface area (Å²) in [6.07, 6.45) is 4.82. The average molecular weight is 414 g/mol. The van der Waals surface area contributed by atoms with E-state index in [9.17, 15) is 35.2 Å². The van der Waals surface area contributed by atoms with E-state index in [1.165, 1.54) is 5.32 Å². The molecule has 26 heavy (non-hydrogen) atoms. The molecule has 2 amide bonds. The molecule has 0 spiro atoms. The van der Waals surface area contributed by atoms with Crippen molar-refractivity contribution in [3.8, 4) is 0 Å². The topological polar surface area (TPSA) is 126 Å². The highest BCUT2D eigenvalue weighted by Gasteiger charge is 2.58. The van der Waals surface area contributed by atoms with Gasteiger partial charge in [0.2, 0.25) is 15.9 Å². The van der Waals surface area contributed by atoms with Crippen LogP contribution >= 0.6 is 0 Å². The molecule has 4 aliphatic carbocycles. The van der Waals surface area contributed by atoms with Crippen LogP contribution in [-0.4, -0.2) is 40.2 Å². The second-order valence-electron chi connectivity index (χ2n) is 7.86. The van der Waals surface area contributed by atoms with Crippen LogP contribution in [0, 0.1) is 23.2 Å². The number of carbonyl (C=O) groups is 2. The summed E-state index contributed by atoms with van der Waals surface area (Å²) in [5.41, 5.74) is -0.922. The molecule has 0 saturated heterocycles. The van der Waals surface area contributed by atoms with Crippen LogP contribution in [0.5, 0.6) is 0 Å². The summed E-state index contributed by atoms with van der Waals surface area (Å²) in [7, 11) is -10.4. The summed E-state index contributed by atoms with van der Waals surface area (Å²) in [6, 6.07) is 0. The van der Waals surface area contributed by atoms with Crippen LogP contribution < -0.4 is 9.44 Å². The number of carbonyl (C=O) groups excluding carboxylic acids is 2. The number of nitrogens with one attached hydrogen (secondary N) is 2. The van der Waals surface area contributed by atoms with Gasteiger partial charge in [0.15, 0.2) is 0 Å². The summed E-state index contributed by atoms with van der Waals surface area (Å²) in [6.45, 7) is 0. The fourth-order valence-electron chi connectivity index (χ4n) is 5.07. The number of rotatable bonds is 5. The lowest BCUT2D eigenvalue weighted by atomic mass is 9.49. The number of imide groups is 1. The molecule has 4 bridgehead atoms. The highest BCUT2D eigenvalue weighted by atomic mass is 32.3. The van der Waals surface area contributed by atoms with Gasteiger partial charge in [0.05, 0.1) is 11.7 Å². The first-order valence-electron chi connectivity index (χ1n) is 8.21. The molecule has 0 radical (unpaired) electrons. The monoisotopic (exact) mass is 414 g/mol. The van der Waals surface area contributed by atoms with Crippen molar-refractivity contribution in [3.05, 3.63) is 0 Å². The minimum absolute atomic E-state index is 0.318. The first-order chi connectivity index (χ1) is 11.7. The predicted molar refractivity (Wildman–Crippen MR) is 85.6 cm³/mol. The smallest absolute Gasteiger partial charge is 0.290 e. The molecule has 0 aromatic rings. The Morgan fingerprint density at radius 1 is 0.962 bits per heavy atom. The SMILES string of the molecule is CS(=O)(=O)NS(=O)(=O)C(F)(F)C(=O)NC(=O)C12CC3CC(CC(C3)C1)C2. The zero-order valence-electron chi connectivity index (χ0n) is 14.0. The van der Waals surface area contributed by atoms with Crippen molar-refractivity contribution in [2.24, 2.45) is 23.2 Å². The number of amides is 2. The average Bonchev–Trinajstić information content (AvgIpc) is 2.42. The number of hydrogen-bond donors (Lipinski definition) is 2. The van der Waals surface area contributed by atoms with Crippen LogP contribution in [0.15, 0.2) is 0 Å². The van der Waals surface area contributed by atoms with Gasteiger partial charge in [0.25, 0.3) is 10.0 Å². The van der Waals surface area contributed by atoms with E-state index < -0.39 is 42.5 Å². The molecule has 0 aromatic carbocycles. The minimum atomic E-state index is -5.85. The molecule has 0 aliphatic heterocycles. The van der Waals surface area contributed by atoms with Gasteiger partial charge in [-0.15, -0.1) is 4.13 Å². The zero-order chi connectivity index (χ0) is 19.5. The third-order valence-electron chi connectivity index (χ3n) is 5.61. The molecule has 0 unspecified atom stereocenters. The maximum atomic E-state index is 14.0. The quantitative estimate of drug-likeness (QED) is 0.667. The van der Waals surface area contributed by atoms with Crippen molar-refractivity contribution < 1.29 is 35.2 Å². The molecule has 4 rings (SSSR count). The maximum absolute atomic E-state index is 14.0.